The lowest BCUT2D eigenvalue weighted by Crippen LogP contribution is -2.55. The molecule has 0 aliphatic heterocycles. The molecule has 5 aliphatic carbocycles. The van der Waals surface area contributed by atoms with Crippen LogP contribution in [0.5, 0.6) is 0 Å². The fourth-order valence-corrected chi connectivity index (χ4v) is 8.55. The number of nitriles is 1. The number of rotatable bonds is 1. The maximum atomic E-state index is 9.28. The third kappa shape index (κ3) is 2.31. The van der Waals surface area contributed by atoms with Gasteiger partial charge in [-0.15, -0.1) is 0 Å². The van der Waals surface area contributed by atoms with E-state index in [9.17, 15) is 5.26 Å². The van der Waals surface area contributed by atoms with Crippen molar-refractivity contribution in [3.8, 4) is 28.3 Å². The minimum Gasteiger partial charge on any atom is -0.192 e. The van der Waals surface area contributed by atoms with Gasteiger partial charge in [0.15, 0.2) is 0 Å². The van der Waals surface area contributed by atoms with Crippen LogP contribution in [0.2, 0.25) is 0 Å². The zero-order valence-corrected chi connectivity index (χ0v) is 19.0. The maximum absolute atomic E-state index is 9.28. The molecule has 0 atom stereocenters. The van der Waals surface area contributed by atoms with Gasteiger partial charge in [0, 0.05) is 9.89 Å². The highest BCUT2D eigenvalue weighted by Gasteiger charge is 2.62. The third-order valence-corrected chi connectivity index (χ3v) is 9.44. The third-order valence-electron chi connectivity index (χ3n) is 8.95. The molecule has 152 valence electrons. The predicted octanol–water partition coefficient (Wildman–Crippen LogP) is 7.71. The van der Waals surface area contributed by atoms with E-state index in [2.05, 4.69) is 70.5 Å². The fraction of sp³-hybridized carbons (Fsp3) is 0.345. The minimum atomic E-state index is 0.145. The molecule has 0 amide bonds. The molecule has 0 saturated heterocycles. The molecule has 1 nitrogen and oxygen atoms in total. The molecule has 31 heavy (non-hydrogen) atoms. The number of halogens is 1. The van der Waals surface area contributed by atoms with Crippen molar-refractivity contribution in [2.75, 3.05) is 0 Å². The van der Waals surface area contributed by atoms with Gasteiger partial charge in [0.1, 0.15) is 0 Å². The second kappa shape index (κ2) is 6.33. The van der Waals surface area contributed by atoms with Gasteiger partial charge in [-0.25, -0.2) is 0 Å². The summed E-state index contributed by atoms with van der Waals surface area (Å²) in [6.07, 6.45) is 7.03. The molecule has 0 N–H and O–H groups in total. The average Bonchev–Trinajstić information content (AvgIpc) is 3.07. The van der Waals surface area contributed by atoms with Crippen LogP contribution in [-0.4, -0.2) is 0 Å². The van der Waals surface area contributed by atoms with Crippen molar-refractivity contribution in [1.29, 1.82) is 5.26 Å². The van der Waals surface area contributed by atoms with Crippen molar-refractivity contribution in [3.63, 3.8) is 0 Å². The molecule has 3 aromatic rings. The van der Waals surface area contributed by atoms with E-state index in [1.807, 2.05) is 12.1 Å². The van der Waals surface area contributed by atoms with E-state index in [1.165, 1.54) is 58.8 Å². The molecule has 4 bridgehead atoms. The number of nitrogens with zero attached hydrogens (tertiary/aromatic N) is 1. The van der Waals surface area contributed by atoms with E-state index >= 15 is 0 Å². The van der Waals surface area contributed by atoms with Crippen LogP contribution in [0, 0.1) is 35.0 Å². The van der Waals surface area contributed by atoms with Crippen molar-refractivity contribution in [1.82, 2.24) is 0 Å². The lowest BCUT2D eigenvalue weighted by atomic mass is 9.42. The van der Waals surface area contributed by atoms with Gasteiger partial charge < -0.3 is 0 Å². The Balaban J connectivity index is 1.54. The first-order chi connectivity index (χ1) is 15.2. The molecular formula is C29H24BrN. The quantitative estimate of drug-likeness (QED) is 0.360. The number of hydrogen-bond acceptors (Lipinski definition) is 1. The summed E-state index contributed by atoms with van der Waals surface area (Å²) < 4.78 is 1.20. The smallest absolute Gasteiger partial charge is 0.0991 e. The topological polar surface area (TPSA) is 23.8 Å². The standard InChI is InChI=1S/C29H24BrN/c30-23-8-9-25-26-3-1-2-24(20-6-4-17(16-31)5-7-20)28(26)29(27(25)15-23)21-11-18-10-19(13-21)14-22(29)12-18/h1-9,15,18-19,21-22H,10-14H2. The Morgan fingerprint density at radius 3 is 2.13 bits per heavy atom. The van der Waals surface area contributed by atoms with Crippen molar-refractivity contribution >= 4 is 15.9 Å². The molecule has 0 heterocycles. The highest BCUT2D eigenvalue weighted by atomic mass is 79.9. The Labute approximate surface area is 192 Å². The van der Waals surface area contributed by atoms with Crippen molar-refractivity contribution in [3.05, 3.63) is 81.8 Å². The van der Waals surface area contributed by atoms with Gasteiger partial charge >= 0.3 is 0 Å². The fourth-order valence-electron chi connectivity index (χ4n) is 8.19. The summed E-state index contributed by atoms with van der Waals surface area (Å²) >= 11 is 3.81. The monoisotopic (exact) mass is 465 g/mol. The van der Waals surface area contributed by atoms with Crippen LogP contribution in [0.1, 0.15) is 48.8 Å². The maximum Gasteiger partial charge on any atom is 0.0991 e. The van der Waals surface area contributed by atoms with Crippen LogP contribution >= 0.6 is 15.9 Å². The first-order valence-electron chi connectivity index (χ1n) is 11.6. The predicted molar refractivity (Wildman–Crippen MR) is 128 cm³/mol. The first-order valence-corrected chi connectivity index (χ1v) is 12.4. The summed E-state index contributed by atoms with van der Waals surface area (Å²) in [6.45, 7) is 0. The first kappa shape index (κ1) is 18.2. The van der Waals surface area contributed by atoms with Gasteiger partial charge in [-0.3, -0.25) is 0 Å². The highest BCUT2D eigenvalue weighted by molar-refractivity contribution is 9.10. The van der Waals surface area contributed by atoms with Crippen LogP contribution < -0.4 is 0 Å². The Morgan fingerprint density at radius 2 is 1.45 bits per heavy atom. The highest BCUT2D eigenvalue weighted by Crippen LogP contribution is 2.70. The van der Waals surface area contributed by atoms with E-state index in [0.29, 0.717) is 0 Å². The Hall–Kier alpha value is -2.37. The van der Waals surface area contributed by atoms with E-state index in [1.54, 1.807) is 11.1 Å². The molecule has 1 spiro atoms. The van der Waals surface area contributed by atoms with Crippen molar-refractivity contribution < 1.29 is 0 Å². The van der Waals surface area contributed by atoms with Crippen LogP contribution in [0.15, 0.2) is 65.1 Å². The molecule has 8 rings (SSSR count). The summed E-state index contributed by atoms with van der Waals surface area (Å²) in [6, 6.07) is 24.4. The molecule has 2 heteroatoms. The van der Waals surface area contributed by atoms with Crippen molar-refractivity contribution in [2.24, 2.45) is 23.7 Å². The van der Waals surface area contributed by atoms with Crippen LogP contribution in [0.4, 0.5) is 0 Å². The second-order valence-electron chi connectivity index (χ2n) is 10.3. The Morgan fingerprint density at radius 1 is 0.774 bits per heavy atom. The van der Waals surface area contributed by atoms with Gasteiger partial charge in [0.25, 0.3) is 0 Å². The number of hydrogen-bond donors (Lipinski definition) is 0. The van der Waals surface area contributed by atoms with Gasteiger partial charge in [0.2, 0.25) is 0 Å². The lowest BCUT2D eigenvalue weighted by Gasteiger charge is -2.61. The summed E-state index contributed by atoms with van der Waals surface area (Å²) in [4.78, 5) is 0. The summed E-state index contributed by atoms with van der Waals surface area (Å²) in [5, 5.41) is 9.28. The summed E-state index contributed by atoms with van der Waals surface area (Å²) in [5.41, 5.74) is 9.55. The van der Waals surface area contributed by atoms with Crippen molar-refractivity contribution in [2.45, 2.75) is 37.5 Å². The molecule has 3 aromatic carbocycles. The Bertz CT molecular complexity index is 1230. The average molecular weight is 466 g/mol. The van der Waals surface area contributed by atoms with E-state index in [0.717, 1.165) is 29.2 Å². The van der Waals surface area contributed by atoms with Gasteiger partial charge in [-0.05, 0) is 113 Å². The normalized spacial score (nSPS) is 31.5. The zero-order valence-electron chi connectivity index (χ0n) is 17.4. The second-order valence-corrected chi connectivity index (χ2v) is 11.2. The van der Waals surface area contributed by atoms with E-state index < -0.39 is 0 Å². The SMILES string of the molecule is N#Cc1ccc(-c2cccc3c2C2(c4cc(Br)ccc4-3)C3CC4CC(C3)CC2C4)cc1. The molecule has 5 aliphatic rings. The summed E-state index contributed by atoms with van der Waals surface area (Å²) in [5.74, 6) is 3.37. The lowest BCUT2D eigenvalue weighted by molar-refractivity contribution is -0.0397. The summed E-state index contributed by atoms with van der Waals surface area (Å²) in [7, 11) is 0. The molecule has 0 unspecified atom stereocenters. The van der Waals surface area contributed by atoms with E-state index in [-0.39, 0.29) is 5.41 Å². The molecule has 0 radical (unpaired) electrons. The van der Waals surface area contributed by atoms with Gasteiger partial charge in [-0.2, -0.15) is 5.26 Å². The van der Waals surface area contributed by atoms with Gasteiger partial charge in [0.05, 0.1) is 11.6 Å². The van der Waals surface area contributed by atoms with Crippen LogP contribution in [-0.2, 0) is 5.41 Å². The number of benzene rings is 3. The molecule has 4 fully saturated rings. The molecular weight excluding hydrogens is 442 g/mol. The zero-order chi connectivity index (χ0) is 20.7. The van der Waals surface area contributed by atoms with Crippen LogP contribution in [0.3, 0.4) is 0 Å². The van der Waals surface area contributed by atoms with E-state index in [4.69, 9.17) is 0 Å². The molecule has 4 saturated carbocycles. The largest absolute Gasteiger partial charge is 0.192 e. The Kier molecular flexibility index (Phi) is 3.72. The minimum absolute atomic E-state index is 0.145. The van der Waals surface area contributed by atoms with Crippen LogP contribution in [0.25, 0.3) is 22.3 Å². The molecule has 0 aromatic heterocycles. The van der Waals surface area contributed by atoms with Gasteiger partial charge in [-0.1, -0.05) is 52.3 Å². The number of fused-ring (bicyclic) bond motifs is 3.